The summed E-state index contributed by atoms with van der Waals surface area (Å²) in [5.74, 6) is -0.0452. The number of nitrogens with one attached hydrogen (secondary N) is 1. The summed E-state index contributed by atoms with van der Waals surface area (Å²) in [7, 11) is 0. The average Bonchev–Trinajstić information content (AvgIpc) is 3.08. The minimum Gasteiger partial charge on any atom is -0.434 e. The van der Waals surface area contributed by atoms with Crippen molar-refractivity contribution < 1.29 is 23.8 Å². The summed E-state index contributed by atoms with van der Waals surface area (Å²) in [5, 5.41) is 4.13. The molecule has 2 aromatic carbocycles. The van der Waals surface area contributed by atoms with Gasteiger partial charge in [0.15, 0.2) is 5.76 Å². The second-order valence-electron chi connectivity index (χ2n) is 8.83. The molecular weight excluding hydrogens is 489 g/mol. The van der Waals surface area contributed by atoms with E-state index >= 15 is 0 Å². The molecule has 1 saturated carbocycles. The van der Waals surface area contributed by atoms with Gasteiger partial charge < -0.3 is 19.5 Å². The number of carbonyl (C=O) groups excluding carboxylic acids is 2. The van der Waals surface area contributed by atoms with Crippen molar-refractivity contribution in [2.45, 2.75) is 58.1 Å². The van der Waals surface area contributed by atoms with Gasteiger partial charge in [-0.15, -0.1) is 0 Å². The van der Waals surface area contributed by atoms with Gasteiger partial charge in [-0.2, -0.15) is 0 Å². The predicted molar refractivity (Wildman–Crippen MR) is 136 cm³/mol. The highest BCUT2D eigenvalue weighted by Gasteiger charge is 2.50. The number of hydrogen-bond acceptors (Lipinski definition) is 5. The molecule has 4 rings (SSSR count). The van der Waals surface area contributed by atoms with Gasteiger partial charge in [0.05, 0.1) is 23.8 Å². The van der Waals surface area contributed by atoms with Crippen LogP contribution in [0.4, 0.5) is 4.79 Å². The SMILES string of the molecule is CCOC(=O)OC1=C(c2cc(C)c(-c3ccc(Cl)cc3)cc2Cl)C(=O)NC12CCC(OCC)CC2. The Kier molecular flexibility index (Phi) is 7.74. The van der Waals surface area contributed by atoms with E-state index in [4.69, 9.17) is 37.4 Å². The summed E-state index contributed by atoms with van der Waals surface area (Å²) in [6, 6.07) is 11.2. The summed E-state index contributed by atoms with van der Waals surface area (Å²) in [5.41, 5.74) is 2.78. The molecule has 1 spiro atoms. The lowest BCUT2D eigenvalue weighted by molar-refractivity contribution is -0.116. The molecule has 1 aliphatic heterocycles. The third-order valence-electron chi connectivity index (χ3n) is 6.62. The molecule has 8 heteroatoms. The minimum absolute atomic E-state index is 0.111. The molecule has 35 heavy (non-hydrogen) atoms. The minimum atomic E-state index is -0.839. The molecular formula is C27H29Cl2NO5. The van der Waals surface area contributed by atoms with Crippen LogP contribution < -0.4 is 5.32 Å². The van der Waals surface area contributed by atoms with Crippen molar-refractivity contribution in [3.8, 4) is 11.1 Å². The van der Waals surface area contributed by atoms with E-state index in [0.29, 0.717) is 35.1 Å². The third-order valence-corrected chi connectivity index (χ3v) is 7.18. The molecule has 2 aromatic rings. The maximum Gasteiger partial charge on any atom is 0.513 e. The quantitative estimate of drug-likeness (QED) is 0.431. The average molecular weight is 518 g/mol. The molecule has 0 aromatic heterocycles. The van der Waals surface area contributed by atoms with E-state index in [-0.39, 0.29) is 30.0 Å². The fraction of sp³-hybridized carbons (Fsp3) is 0.407. The number of aryl methyl sites for hydroxylation is 1. The largest absolute Gasteiger partial charge is 0.513 e. The van der Waals surface area contributed by atoms with E-state index in [0.717, 1.165) is 29.5 Å². The fourth-order valence-electron chi connectivity index (χ4n) is 4.96. The van der Waals surface area contributed by atoms with Crippen molar-refractivity contribution >= 4 is 40.8 Å². The highest BCUT2D eigenvalue weighted by molar-refractivity contribution is 6.36. The number of ether oxygens (including phenoxy) is 3. The van der Waals surface area contributed by atoms with Crippen LogP contribution in [0.2, 0.25) is 10.0 Å². The van der Waals surface area contributed by atoms with Gasteiger partial charge in [-0.25, -0.2) is 4.79 Å². The number of rotatable bonds is 6. The molecule has 186 valence electrons. The number of carbonyl (C=O) groups is 2. The number of benzene rings is 2. The Morgan fingerprint density at radius 1 is 1.06 bits per heavy atom. The van der Waals surface area contributed by atoms with E-state index in [9.17, 15) is 9.59 Å². The van der Waals surface area contributed by atoms with Crippen molar-refractivity contribution in [2.24, 2.45) is 0 Å². The van der Waals surface area contributed by atoms with Gasteiger partial charge >= 0.3 is 6.16 Å². The van der Waals surface area contributed by atoms with Gasteiger partial charge in [-0.05, 0) is 87.4 Å². The zero-order valence-electron chi connectivity index (χ0n) is 20.1. The number of hydrogen-bond donors (Lipinski definition) is 1. The van der Waals surface area contributed by atoms with Crippen molar-refractivity contribution in [3.05, 3.63) is 63.3 Å². The van der Waals surface area contributed by atoms with Gasteiger partial charge in [-0.1, -0.05) is 35.3 Å². The molecule has 0 atom stereocenters. The van der Waals surface area contributed by atoms with Crippen molar-refractivity contribution in [2.75, 3.05) is 13.2 Å². The first-order chi connectivity index (χ1) is 16.8. The number of halogens is 2. The summed E-state index contributed by atoms with van der Waals surface area (Å²) in [6.45, 7) is 6.41. The smallest absolute Gasteiger partial charge is 0.434 e. The molecule has 1 aliphatic carbocycles. The maximum atomic E-state index is 13.4. The second kappa shape index (κ2) is 10.6. The predicted octanol–water partition coefficient (Wildman–Crippen LogP) is 6.70. The lowest BCUT2D eigenvalue weighted by Gasteiger charge is -2.37. The van der Waals surface area contributed by atoms with Gasteiger partial charge in [0.2, 0.25) is 0 Å². The standard InChI is InChI=1S/C27H29Cl2NO5/c1-4-33-19-10-12-27(13-11-19)24(35-26(32)34-5-2)23(25(31)30-27)21-14-16(3)20(15-22(21)29)17-6-8-18(28)9-7-17/h6-9,14-15,19H,4-5,10-13H2,1-3H3,(H,30,31). The number of amides is 1. The monoisotopic (exact) mass is 517 g/mol. The molecule has 2 aliphatic rings. The van der Waals surface area contributed by atoms with E-state index in [1.165, 1.54) is 0 Å². The van der Waals surface area contributed by atoms with Gasteiger partial charge in [0, 0.05) is 22.2 Å². The van der Waals surface area contributed by atoms with Crippen molar-refractivity contribution in [1.29, 1.82) is 0 Å². The molecule has 1 amide bonds. The van der Waals surface area contributed by atoms with Crippen LogP contribution in [-0.2, 0) is 19.0 Å². The fourth-order valence-corrected chi connectivity index (χ4v) is 5.34. The van der Waals surface area contributed by atoms with Crippen molar-refractivity contribution in [1.82, 2.24) is 5.32 Å². The lowest BCUT2D eigenvalue weighted by atomic mass is 9.79. The molecule has 0 radical (unpaired) electrons. The first-order valence-corrected chi connectivity index (χ1v) is 12.6. The zero-order chi connectivity index (χ0) is 25.2. The third kappa shape index (κ3) is 5.20. The van der Waals surface area contributed by atoms with Gasteiger partial charge in [-0.3, -0.25) is 4.79 Å². The first-order valence-electron chi connectivity index (χ1n) is 11.9. The Hall–Kier alpha value is -2.54. The van der Waals surface area contributed by atoms with Gasteiger partial charge in [0.1, 0.15) is 0 Å². The topological polar surface area (TPSA) is 73.9 Å². The summed E-state index contributed by atoms with van der Waals surface area (Å²) in [4.78, 5) is 25.8. The van der Waals surface area contributed by atoms with Gasteiger partial charge in [0.25, 0.3) is 5.91 Å². The lowest BCUT2D eigenvalue weighted by Crippen LogP contribution is -2.49. The maximum absolute atomic E-state index is 13.4. The molecule has 1 heterocycles. The van der Waals surface area contributed by atoms with E-state index < -0.39 is 11.7 Å². The molecule has 1 N–H and O–H groups in total. The Bertz CT molecular complexity index is 1150. The van der Waals surface area contributed by atoms with Crippen LogP contribution in [0.5, 0.6) is 0 Å². The Balaban J connectivity index is 1.78. The van der Waals surface area contributed by atoms with Crippen LogP contribution in [-0.4, -0.2) is 36.9 Å². The van der Waals surface area contributed by atoms with Crippen LogP contribution in [0, 0.1) is 6.92 Å². The molecule has 0 unspecified atom stereocenters. The van der Waals surface area contributed by atoms with Crippen LogP contribution in [0.15, 0.2) is 42.2 Å². The van der Waals surface area contributed by atoms with Crippen molar-refractivity contribution in [3.63, 3.8) is 0 Å². The Morgan fingerprint density at radius 3 is 2.37 bits per heavy atom. The molecule has 1 fully saturated rings. The Labute approximate surface area is 215 Å². The summed E-state index contributed by atoms with van der Waals surface area (Å²) >= 11 is 12.8. The van der Waals surface area contributed by atoms with E-state index in [1.807, 2.05) is 50.2 Å². The zero-order valence-corrected chi connectivity index (χ0v) is 21.6. The highest BCUT2D eigenvalue weighted by Crippen LogP contribution is 2.46. The Morgan fingerprint density at radius 2 is 1.74 bits per heavy atom. The van der Waals surface area contributed by atoms with Crippen LogP contribution >= 0.6 is 23.2 Å². The van der Waals surface area contributed by atoms with E-state index in [2.05, 4.69) is 5.32 Å². The first kappa shape index (κ1) is 25.5. The normalized spacial score (nSPS) is 21.9. The molecule has 0 saturated heterocycles. The van der Waals surface area contributed by atoms with Crippen LogP contribution in [0.1, 0.15) is 50.7 Å². The van der Waals surface area contributed by atoms with E-state index in [1.54, 1.807) is 6.92 Å². The highest BCUT2D eigenvalue weighted by atomic mass is 35.5. The summed E-state index contributed by atoms with van der Waals surface area (Å²) in [6.07, 6.45) is 1.91. The van der Waals surface area contributed by atoms with Crippen LogP contribution in [0.3, 0.4) is 0 Å². The molecule has 6 nitrogen and oxygen atoms in total. The molecule has 0 bridgehead atoms. The second-order valence-corrected chi connectivity index (χ2v) is 9.68. The summed E-state index contributed by atoms with van der Waals surface area (Å²) < 4.78 is 16.6. The van der Waals surface area contributed by atoms with Crippen LogP contribution in [0.25, 0.3) is 16.7 Å².